The molecular formula is C33H32Cl2F6N6O3. The maximum absolute atomic E-state index is 14.3. The predicted octanol–water partition coefficient (Wildman–Crippen LogP) is 8.29. The van der Waals surface area contributed by atoms with Crippen LogP contribution >= 0.6 is 23.2 Å². The monoisotopic (exact) mass is 744 g/mol. The number of nitrogens with zero attached hydrogens (tertiary/aromatic N) is 4. The second-order valence-corrected chi connectivity index (χ2v) is 13.4. The summed E-state index contributed by atoms with van der Waals surface area (Å²) in [5.74, 6) is -1.92. The standard InChI is InChI=1S/C33H32Cl2F6N6O3/c1-32(2,3)30(49)43-14-17-4-9-22(34)28(27(17)35)47(19-5-7-20(8-6-19)50-33(39,40)41)31-44-23-12-21(29(42)48)24(45-11-10-18(36)15-45)13-25(23)46(31)16-26(37)38/h4-9,12-13,18,26H,10-11,14-16H2,1-3H3,(H2,42,48)(H,43,49)/t18-/m1/s1. The summed E-state index contributed by atoms with van der Waals surface area (Å²) in [6, 6.07) is 10.2. The average Bonchev–Trinajstić information content (AvgIpc) is 3.59. The summed E-state index contributed by atoms with van der Waals surface area (Å²) in [5.41, 5.74) is 5.77. The van der Waals surface area contributed by atoms with E-state index in [4.69, 9.17) is 28.9 Å². The molecule has 0 radical (unpaired) electrons. The highest BCUT2D eigenvalue weighted by Gasteiger charge is 2.33. The number of fused-ring (bicyclic) bond motifs is 1. The predicted molar refractivity (Wildman–Crippen MR) is 179 cm³/mol. The molecule has 0 aliphatic carbocycles. The van der Waals surface area contributed by atoms with Gasteiger partial charge in [-0.15, -0.1) is 13.2 Å². The van der Waals surface area contributed by atoms with Crippen LogP contribution in [0, 0.1) is 5.41 Å². The van der Waals surface area contributed by atoms with Crippen LogP contribution in [0.3, 0.4) is 0 Å². The summed E-state index contributed by atoms with van der Waals surface area (Å²) in [6.45, 7) is 4.34. The molecule has 1 aliphatic rings. The van der Waals surface area contributed by atoms with Gasteiger partial charge in [-0.3, -0.25) is 14.5 Å². The molecule has 3 N–H and O–H groups in total. The molecule has 5 rings (SSSR count). The van der Waals surface area contributed by atoms with Crippen LogP contribution in [-0.2, 0) is 17.9 Å². The van der Waals surface area contributed by atoms with E-state index in [1.165, 1.54) is 35.2 Å². The quantitative estimate of drug-likeness (QED) is 0.158. The minimum Gasteiger partial charge on any atom is -0.406 e. The highest BCUT2D eigenvalue weighted by molar-refractivity contribution is 6.40. The number of halogens is 8. The first-order valence-corrected chi connectivity index (χ1v) is 16.0. The number of benzene rings is 3. The van der Waals surface area contributed by atoms with E-state index in [1.54, 1.807) is 31.7 Å². The van der Waals surface area contributed by atoms with Crippen molar-refractivity contribution >= 4 is 69.1 Å². The van der Waals surface area contributed by atoms with Gasteiger partial charge in [0.15, 0.2) is 0 Å². The Hall–Kier alpha value is -4.37. The molecule has 0 bridgehead atoms. The van der Waals surface area contributed by atoms with Crippen LogP contribution in [0.5, 0.6) is 5.75 Å². The zero-order valence-corrected chi connectivity index (χ0v) is 28.4. The van der Waals surface area contributed by atoms with E-state index in [0.29, 0.717) is 5.56 Å². The van der Waals surface area contributed by atoms with Gasteiger partial charge >= 0.3 is 6.36 Å². The van der Waals surface area contributed by atoms with Gasteiger partial charge in [-0.2, -0.15) is 0 Å². The van der Waals surface area contributed by atoms with Crippen molar-refractivity contribution in [3.05, 3.63) is 69.7 Å². The Kier molecular flexibility index (Phi) is 10.4. The Labute approximate surface area is 292 Å². The number of anilines is 4. The van der Waals surface area contributed by atoms with Crippen molar-refractivity contribution in [2.45, 2.75) is 59.2 Å². The van der Waals surface area contributed by atoms with Crippen LogP contribution < -0.4 is 25.6 Å². The first-order valence-electron chi connectivity index (χ1n) is 15.3. The third-order valence-electron chi connectivity index (χ3n) is 7.92. The fourth-order valence-electron chi connectivity index (χ4n) is 5.54. The van der Waals surface area contributed by atoms with Gasteiger partial charge in [0.25, 0.3) is 12.3 Å². The summed E-state index contributed by atoms with van der Waals surface area (Å²) < 4.78 is 87.0. The Morgan fingerprint density at radius 1 is 1.10 bits per heavy atom. The molecule has 1 fully saturated rings. The second kappa shape index (κ2) is 14.1. The van der Waals surface area contributed by atoms with Crippen molar-refractivity contribution < 1.29 is 40.7 Å². The number of hydrogen-bond acceptors (Lipinski definition) is 6. The summed E-state index contributed by atoms with van der Waals surface area (Å²) in [6.07, 6.45) is -8.93. The number of alkyl halides is 6. The number of hydrogen-bond donors (Lipinski definition) is 2. The number of carbonyl (C=O) groups is 2. The van der Waals surface area contributed by atoms with Crippen LogP contribution in [0.25, 0.3) is 11.0 Å². The number of aromatic nitrogens is 2. The third kappa shape index (κ3) is 7.99. The highest BCUT2D eigenvalue weighted by atomic mass is 35.5. The molecule has 3 aromatic carbocycles. The second-order valence-electron chi connectivity index (χ2n) is 12.6. The number of primary amides is 1. The topological polar surface area (TPSA) is 106 Å². The third-order valence-corrected chi connectivity index (χ3v) is 8.65. The van der Waals surface area contributed by atoms with Gasteiger partial charge < -0.3 is 25.3 Å². The number of nitrogens with two attached hydrogens (primary N) is 1. The molecule has 1 aromatic heterocycles. The normalized spacial score (nSPS) is 15.2. The number of rotatable bonds is 10. The zero-order valence-electron chi connectivity index (χ0n) is 26.9. The van der Waals surface area contributed by atoms with Crippen molar-refractivity contribution in [2.75, 3.05) is 22.9 Å². The Morgan fingerprint density at radius 2 is 1.78 bits per heavy atom. The minimum atomic E-state index is -4.99. The van der Waals surface area contributed by atoms with Gasteiger partial charge in [0.05, 0.1) is 44.6 Å². The number of ether oxygens (including phenoxy) is 1. The molecule has 0 spiro atoms. The van der Waals surface area contributed by atoms with E-state index in [9.17, 15) is 35.9 Å². The Balaban J connectivity index is 1.76. The summed E-state index contributed by atoms with van der Waals surface area (Å²) >= 11 is 13.7. The first-order chi connectivity index (χ1) is 23.3. The molecule has 268 valence electrons. The molecule has 1 saturated heterocycles. The maximum Gasteiger partial charge on any atom is 0.573 e. The summed E-state index contributed by atoms with van der Waals surface area (Å²) in [4.78, 5) is 32.7. The summed E-state index contributed by atoms with van der Waals surface area (Å²) in [7, 11) is 0. The lowest BCUT2D eigenvalue weighted by atomic mass is 9.95. The molecular weight excluding hydrogens is 713 g/mol. The van der Waals surface area contributed by atoms with Gasteiger partial charge in [0.1, 0.15) is 11.9 Å². The summed E-state index contributed by atoms with van der Waals surface area (Å²) in [5, 5.41) is 2.75. The minimum absolute atomic E-state index is 0.00122. The fourth-order valence-corrected chi connectivity index (χ4v) is 6.14. The van der Waals surface area contributed by atoms with E-state index in [2.05, 4.69) is 15.0 Å². The zero-order chi connectivity index (χ0) is 36.7. The largest absolute Gasteiger partial charge is 0.573 e. The van der Waals surface area contributed by atoms with E-state index in [0.717, 1.165) is 16.7 Å². The average molecular weight is 746 g/mol. The van der Waals surface area contributed by atoms with E-state index >= 15 is 0 Å². The lowest BCUT2D eigenvalue weighted by molar-refractivity contribution is -0.274. The van der Waals surface area contributed by atoms with Crippen molar-refractivity contribution in [3.8, 4) is 5.75 Å². The lowest BCUT2D eigenvalue weighted by Crippen LogP contribution is -2.34. The molecule has 17 heteroatoms. The maximum atomic E-state index is 14.3. The van der Waals surface area contributed by atoms with Crippen molar-refractivity contribution in [2.24, 2.45) is 11.1 Å². The van der Waals surface area contributed by atoms with E-state index in [-0.39, 0.29) is 81.6 Å². The molecule has 50 heavy (non-hydrogen) atoms. The van der Waals surface area contributed by atoms with Crippen LogP contribution in [0.4, 0.5) is 49.4 Å². The van der Waals surface area contributed by atoms with E-state index < -0.39 is 42.6 Å². The molecule has 0 unspecified atom stereocenters. The van der Waals surface area contributed by atoms with Crippen LogP contribution in [0.1, 0.15) is 43.1 Å². The number of carbonyl (C=O) groups excluding carboxylic acids is 2. The van der Waals surface area contributed by atoms with Crippen molar-refractivity contribution in [3.63, 3.8) is 0 Å². The van der Waals surface area contributed by atoms with Gasteiger partial charge in [-0.1, -0.05) is 50.0 Å². The van der Waals surface area contributed by atoms with Crippen LogP contribution in [0.2, 0.25) is 10.0 Å². The Bertz CT molecular complexity index is 1910. The lowest BCUT2D eigenvalue weighted by Gasteiger charge is -2.28. The molecule has 2 heterocycles. The van der Waals surface area contributed by atoms with E-state index in [1.807, 2.05) is 0 Å². The molecule has 9 nitrogen and oxygen atoms in total. The van der Waals surface area contributed by atoms with Crippen LogP contribution in [-0.4, -0.2) is 53.4 Å². The first kappa shape index (κ1) is 36.9. The Morgan fingerprint density at radius 3 is 2.34 bits per heavy atom. The number of nitrogens with one attached hydrogen (secondary N) is 1. The molecule has 1 aliphatic heterocycles. The van der Waals surface area contributed by atoms with Crippen LogP contribution in [0.15, 0.2) is 48.5 Å². The molecule has 1 atom stereocenters. The highest BCUT2D eigenvalue weighted by Crippen LogP contribution is 2.46. The van der Waals surface area contributed by atoms with Gasteiger partial charge in [0.2, 0.25) is 11.9 Å². The molecule has 4 aromatic rings. The number of amides is 2. The van der Waals surface area contributed by atoms with Crippen molar-refractivity contribution in [1.82, 2.24) is 14.9 Å². The SMILES string of the molecule is CC(C)(C)C(=O)NCc1ccc(Cl)c(N(c2ccc(OC(F)(F)F)cc2)c2nc3cc(C(N)=O)c(N4CC[C@@H](F)C4)cc3n2CC(F)F)c1Cl. The smallest absolute Gasteiger partial charge is 0.406 e. The van der Waals surface area contributed by atoms with Gasteiger partial charge in [-0.05, 0) is 54.4 Å². The van der Waals surface area contributed by atoms with Gasteiger partial charge in [-0.25, -0.2) is 18.2 Å². The fraction of sp³-hybridized carbons (Fsp3) is 0.364. The number of imidazole rings is 1. The van der Waals surface area contributed by atoms with Crippen molar-refractivity contribution in [1.29, 1.82) is 0 Å². The van der Waals surface area contributed by atoms with Gasteiger partial charge in [0, 0.05) is 30.7 Å². The molecule has 0 saturated carbocycles. The molecule has 2 amide bonds.